The highest BCUT2D eigenvalue weighted by atomic mass is 16.6. The maximum Gasteiger partial charge on any atom is 0.407 e. The predicted octanol–water partition coefficient (Wildman–Crippen LogP) is -0.606. The van der Waals surface area contributed by atoms with E-state index in [2.05, 4.69) is 5.32 Å². The average molecular weight is 297 g/mol. The van der Waals surface area contributed by atoms with Gasteiger partial charge in [-0.2, -0.15) is 0 Å². The molecule has 0 aliphatic carbocycles. The van der Waals surface area contributed by atoms with E-state index in [0.29, 0.717) is 0 Å². The van der Waals surface area contributed by atoms with Crippen LogP contribution in [-0.2, 0) is 16.1 Å². The second kappa shape index (κ2) is 7.37. The highest BCUT2D eigenvalue weighted by Crippen LogP contribution is 2.15. The van der Waals surface area contributed by atoms with Gasteiger partial charge in [-0.3, -0.25) is 0 Å². The van der Waals surface area contributed by atoms with Crippen molar-refractivity contribution < 1.29 is 29.6 Å². The lowest BCUT2D eigenvalue weighted by Crippen LogP contribution is -2.60. The zero-order valence-electron chi connectivity index (χ0n) is 11.4. The molecule has 0 spiro atoms. The maximum absolute atomic E-state index is 11.7. The number of carbonyl (C=O) groups is 1. The van der Waals surface area contributed by atoms with Crippen LogP contribution in [0.5, 0.6) is 0 Å². The van der Waals surface area contributed by atoms with Crippen molar-refractivity contribution in [2.75, 3.05) is 13.2 Å². The molecular formula is C14H19NO6. The van der Waals surface area contributed by atoms with Gasteiger partial charge >= 0.3 is 6.09 Å². The molecule has 2 rings (SSSR count). The Bertz CT molecular complexity index is 454. The highest BCUT2D eigenvalue weighted by molar-refractivity contribution is 5.67. The summed E-state index contributed by atoms with van der Waals surface area (Å²) in [5, 5.41) is 30.9. The van der Waals surface area contributed by atoms with Crippen molar-refractivity contribution >= 4 is 6.09 Å². The number of ether oxygens (including phenoxy) is 2. The van der Waals surface area contributed by atoms with E-state index in [0.717, 1.165) is 5.56 Å². The molecule has 0 radical (unpaired) electrons. The van der Waals surface area contributed by atoms with Gasteiger partial charge < -0.3 is 30.1 Å². The molecule has 7 heteroatoms. The molecule has 4 atom stereocenters. The Morgan fingerprint density at radius 3 is 2.67 bits per heavy atom. The molecule has 1 fully saturated rings. The fraction of sp³-hybridized carbons (Fsp3) is 0.500. The van der Waals surface area contributed by atoms with E-state index in [-0.39, 0.29) is 13.2 Å². The predicted molar refractivity (Wildman–Crippen MR) is 72.4 cm³/mol. The Labute approximate surface area is 122 Å². The molecule has 0 aromatic heterocycles. The molecule has 0 saturated carbocycles. The Hall–Kier alpha value is -1.67. The van der Waals surface area contributed by atoms with E-state index in [1.165, 1.54) is 0 Å². The van der Waals surface area contributed by atoms with Crippen molar-refractivity contribution in [2.24, 2.45) is 0 Å². The summed E-state index contributed by atoms with van der Waals surface area (Å²) in [6.45, 7) is -0.300. The molecule has 4 N–H and O–H groups in total. The van der Waals surface area contributed by atoms with Gasteiger partial charge in [-0.05, 0) is 5.56 Å². The summed E-state index contributed by atoms with van der Waals surface area (Å²) in [6, 6.07) is 8.38. The molecule has 1 saturated heterocycles. The molecule has 1 aromatic rings. The van der Waals surface area contributed by atoms with Gasteiger partial charge in [0, 0.05) is 0 Å². The zero-order chi connectivity index (χ0) is 15.2. The van der Waals surface area contributed by atoms with E-state index >= 15 is 0 Å². The van der Waals surface area contributed by atoms with Crippen LogP contribution in [0.15, 0.2) is 30.3 Å². The summed E-state index contributed by atoms with van der Waals surface area (Å²) >= 11 is 0. The smallest absolute Gasteiger partial charge is 0.407 e. The molecule has 0 bridgehead atoms. The highest BCUT2D eigenvalue weighted by Gasteiger charge is 2.38. The van der Waals surface area contributed by atoms with Crippen LogP contribution in [0.4, 0.5) is 4.79 Å². The number of aliphatic hydroxyl groups excluding tert-OH is 3. The van der Waals surface area contributed by atoms with Gasteiger partial charge in [0.2, 0.25) is 0 Å². The quantitative estimate of drug-likeness (QED) is 0.591. The number of carbonyl (C=O) groups excluding carboxylic acids is 1. The Morgan fingerprint density at radius 1 is 1.29 bits per heavy atom. The van der Waals surface area contributed by atoms with Crippen LogP contribution in [0.1, 0.15) is 5.56 Å². The van der Waals surface area contributed by atoms with Gasteiger partial charge in [0.15, 0.2) is 0 Å². The van der Waals surface area contributed by atoms with Gasteiger partial charge in [0.1, 0.15) is 24.9 Å². The van der Waals surface area contributed by atoms with Crippen molar-refractivity contribution in [2.45, 2.75) is 31.0 Å². The normalized spacial score (nSPS) is 28.9. The van der Waals surface area contributed by atoms with Crippen LogP contribution in [-0.4, -0.2) is 59.0 Å². The molecule has 1 heterocycles. The standard InChI is InChI=1S/C14H19NO6/c16-6-11-13(18)12(17)10(8-20-11)15-14(19)21-7-9-4-2-1-3-5-9/h1-5,10-13,16-18H,6-8H2,(H,15,19)/t10-,11+,12+,13+/m0/s1. The number of nitrogens with one attached hydrogen (secondary N) is 1. The fourth-order valence-electron chi connectivity index (χ4n) is 2.09. The molecule has 1 amide bonds. The van der Waals surface area contributed by atoms with Crippen LogP contribution in [0.3, 0.4) is 0 Å². The number of amides is 1. The first-order valence-corrected chi connectivity index (χ1v) is 6.67. The lowest BCUT2D eigenvalue weighted by atomic mass is 9.99. The number of aliphatic hydroxyl groups is 3. The molecule has 1 aromatic carbocycles. The fourth-order valence-corrected chi connectivity index (χ4v) is 2.09. The van der Waals surface area contributed by atoms with Gasteiger partial charge in [0.05, 0.1) is 19.3 Å². The lowest BCUT2D eigenvalue weighted by Gasteiger charge is -2.36. The summed E-state index contributed by atoms with van der Waals surface area (Å²) in [7, 11) is 0. The van der Waals surface area contributed by atoms with E-state index in [1.807, 2.05) is 30.3 Å². The first-order chi connectivity index (χ1) is 10.1. The summed E-state index contributed by atoms with van der Waals surface area (Å²) in [4.78, 5) is 11.7. The third kappa shape index (κ3) is 4.15. The van der Waals surface area contributed by atoms with Crippen LogP contribution >= 0.6 is 0 Å². The van der Waals surface area contributed by atoms with Crippen molar-refractivity contribution in [3.63, 3.8) is 0 Å². The Kier molecular flexibility index (Phi) is 5.51. The van der Waals surface area contributed by atoms with Crippen molar-refractivity contribution in [1.82, 2.24) is 5.32 Å². The number of hydrogen-bond donors (Lipinski definition) is 4. The van der Waals surface area contributed by atoms with E-state index < -0.39 is 37.1 Å². The molecule has 7 nitrogen and oxygen atoms in total. The van der Waals surface area contributed by atoms with Gasteiger partial charge in [-0.25, -0.2) is 4.79 Å². The van der Waals surface area contributed by atoms with Crippen molar-refractivity contribution in [1.29, 1.82) is 0 Å². The number of alkyl carbamates (subject to hydrolysis) is 1. The molecule has 0 unspecified atom stereocenters. The first-order valence-electron chi connectivity index (χ1n) is 6.67. The summed E-state index contributed by atoms with van der Waals surface area (Å²) in [5.74, 6) is 0. The number of hydrogen-bond acceptors (Lipinski definition) is 6. The van der Waals surface area contributed by atoms with Crippen molar-refractivity contribution in [3.8, 4) is 0 Å². The zero-order valence-corrected chi connectivity index (χ0v) is 11.4. The lowest BCUT2D eigenvalue weighted by molar-refractivity contribution is -0.160. The third-order valence-electron chi connectivity index (χ3n) is 3.33. The topological polar surface area (TPSA) is 108 Å². The molecular weight excluding hydrogens is 278 g/mol. The third-order valence-corrected chi connectivity index (χ3v) is 3.33. The van der Waals surface area contributed by atoms with E-state index in [1.54, 1.807) is 0 Å². The average Bonchev–Trinajstić information content (AvgIpc) is 2.51. The first kappa shape index (κ1) is 15.7. The minimum atomic E-state index is -1.26. The molecule has 116 valence electrons. The minimum absolute atomic E-state index is 0.0100. The van der Waals surface area contributed by atoms with Gasteiger partial charge in [0.25, 0.3) is 0 Å². The molecule has 1 aliphatic rings. The van der Waals surface area contributed by atoms with E-state index in [4.69, 9.17) is 14.6 Å². The SMILES string of the molecule is O=C(N[C@H]1CO[C@H](CO)[C@@H](O)[C@@H]1O)OCc1ccccc1. The van der Waals surface area contributed by atoms with Crippen LogP contribution in [0, 0.1) is 0 Å². The van der Waals surface area contributed by atoms with E-state index in [9.17, 15) is 15.0 Å². The second-order valence-electron chi connectivity index (χ2n) is 4.85. The summed E-state index contributed by atoms with van der Waals surface area (Å²) in [6.07, 6.45) is -4.04. The van der Waals surface area contributed by atoms with Crippen LogP contribution in [0.2, 0.25) is 0 Å². The van der Waals surface area contributed by atoms with Crippen LogP contribution < -0.4 is 5.32 Å². The molecule has 21 heavy (non-hydrogen) atoms. The second-order valence-corrected chi connectivity index (χ2v) is 4.85. The van der Waals surface area contributed by atoms with Gasteiger partial charge in [-0.15, -0.1) is 0 Å². The molecule has 1 aliphatic heterocycles. The Morgan fingerprint density at radius 2 is 2.00 bits per heavy atom. The minimum Gasteiger partial charge on any atom is -0.445 e. The monoisotopic (exact) mass is 297 g/mol. The number of rotatable bonds is 4. The summed E-state index contributed by atoms with van der Waals surface area (Å²) in [5.41, 5.74) is 0.841. The Balaban J connectivity index is 1.80. The largest absolute Gasteiger partial charge is 0.445 e. The van der Waals surface area contributed by atoms with Crippen LogP contribution in [0.25, 0.3) is 0 Å². The maximum atomic E-state index is 11.7. The van der Waals surface area contributed by atoms with Gasteiger partial charge in [-0.1, -0.05) is 30.3 Å². The van der Waals surface area contributed by atoms with Crippen molar-refractivity contribution in [3.05, 3.63) is 35.9 Å². The summed E-state index contributed by atoms with van der Waals surface area (Å²) < 4.78 is 10.2. The number of benzene rings is 1.